The molecular formula is C21H27NO4. The van der Waals surface area contributed by atoms with Crippen LogP contribution >= 0.6 is 0 Å². The summed E-state index contributed by atoms with van der Waals surface area (Å²) in [6, 6.07) is 16.2. The molecule has 140 valence electrons. The highest BCUT2D eigenvalue weighted by molar-refractivity contribution is 5.74. The summed E-state index contributed by atoms with van der Waals surface area (Å²) >= 11 is 0. The molecule has 0 saturated carbocycles. The highest BCUT2D eigenvalue weighted by Crippen LogP contribution is 2.29. The largest absolute Gasteiger partial charge is 0.493 e. The van der Waals surface area contributed by atoms with Crippen molar-refractivity contribution in [2.24, 2.45) is 0 Å². The van der Waals surface area contributed by atoms with Crippen molar-refractivity contribution in [2.45, 2.75) is 39.5 Å². The van der Waals surface area contributed by atoms with Gasteiger partial charge in [0.15, 0.2) is 17.6 Å². The minimum Gasteiger partial charge on any atom is -0.493 e. The Morgan fingerprint density at radius 1 is 1.08 bits per heavy atom. The molecule has 26 heavy (non-hydrogen) atoms. The Morgan fingerprint density at radius 2 is 1.81 bits per heavy atom. The van der Waals surface area contributed by atoms with E-state index in [1.165, 1.54) is 5.56 Å². The van der Waals surface area contributed by atoms with E-state index in [0.717, 1.165) is 5.56 Å². The van der Waals surface area contributed by atoms with Gasteiger partial charge in [-0.3, -0.25) is 0 Å². The van der Waals surface area contributed by atoms with E-state index >= 15 is 0 Å². The molecule has 0 aliphatic rings. The Bertz CT molecular complexity index is 702. The van der Waals surface area contributed by atoms with Gasteiger partial charge in [-0.25, -0.2) is 4.79 Å². The molecule has 0 spiro atoms. The second-order valence-corrected chi connectivity index (χ2v) is 6.01. The Balaban J connectivity index is 2.00. The number of esters is 1. The molecule has 0 amide bonds. The molecule has 2 aromatic rings. The third kappa shape index (κ3) is 5.49. The van der Waals surface area contributed by atoms with Crippen LogP contribution in [0, 0.1) is 0 Å². The summed E-state index contributed by atoms with van der Waals surface area (Å²) in [6.45, 7) is 6.58. The Hall–Kier alpha value is -2.53. The van der Waals surface area contributed by atoms with Crippen molar-refractivity contribution in [1.29, 1.82) is 0 Å². The van der Waals surface area contributed by atoms with Gasteiger partial charge in [0, 0.05) is 12.6 Å². The number of carbonyl (C=O) groups excluding carboxylic acids is 1. The summed E-state index contributed by atoms with van der Waals surface area (Å²) in [5, 5.41) is 3.49. The molecule has 0 heterocycles. The number of hydrogen-bond donors (Lipinski definition) is 1. The fraction of sp³-hybridized carbons (Fsp3) is 0.381. The van der Waals surface area contributed by atoms with Crippen LogP contribution in [0.4, 0.5) is 0 Å². The smallest absolute Gasteiger partial charge is 0.347 e. The van der Waals surface area contributed by atoms with Crippen LogP contribution in [0.15, 0.2) is 48.5 Å². The molecule has 5 nitrogen and oxygen atoms in total. The first-order valence-electron chi connectivity index (χ1n) is 8.83. The van der Waals surface area contributed by atoms with Crippen LogP contribution in [0.2, 0.25) is 0 Å². The minimum absolute atomic E-state index is 0.238. The van der Waals surface area contributed by atoms with Crippen LogP contribution in [-0.4, -0.2) is 25.8 Å². The minimum atomic E-state index is -0.689. The van der Waals surface area contributed by atoms with E-state index in [4.69, 9.17) is 14.2 Å². The molecule has 0 saturated heterocycles. The van der Waals surface area contributed by atoms with E-state index in [1.54, 1.807) is 21.0 Å². The van der Waals surface area contributed by atoms with E-state index in [-0.39, 0.29) is 6.04 Å². The molecule has 2 unspecified atom stereocenters. The fourth-order valence-electron chi connectivity index (χ4n) is 2.55. The summed E-state index contributed by atoms with van der Waals surface area (Å²) in [7, 11) is 1.58. The predicted octanol–water partition coefficient (Wildman–Crippen LogP) is 3.88. The number of rotatable bonds is 9. The average Bonchev–Trinajstić information content (AvgIpc) is 2.67. The topological polar surface area (TPSA) is 56.8 Å². The van der Waals surface area contributed by atoms with Crippen LogP contribution in [0.1, 0.15) is 37.9 Å². The van der Waals surface area contributed by atoms with Gasteiger partial charge in [0.05, 0.1) is 13.7 Å². The van der Waals surface area contributed by atoms with Gasteiger partial charge in [-0.05, 0) is 44.0 Å². The van der Waals surface area contributed by atoms with Crippen molar-refractivity contribution in [3.8, 4) is 11.5 Å². The zero-order valence-electron chi connectivity index (χ0n) is 15.8. The lowest BCUT2D eigenvalue weighted by atomic mass is 10.1. The maximum atomic E-state index is 11.7. The predicted molar refractivity (Wildman–Crippen MR) is 101 cm³/mol. The maximum Gasteiger partial charge on any atom is 0.347 e. The molecule has 0 aliphatic heterocycles. The summed E-state index contributed by atoms with van der Waals surface area (Å²) in [6.07, 6.45) is -0.689. The van der Waals surface area contributed by atoms with E-state index in [1.807, 2.05) is 36.4 Å². The number of benzene rings is 2. The van der Waals surface area contributed by atoms with Gasteiger partial charge < -0.3 is 19.5 Å². The zero-order chi connectivity index (χ0) is 18.9. The summed E-state index contributed by atoms with van der Waals surface area (Å²) in [5.41, 5.74) is 2.31. The van der Waals surface area contributed by atoms with Crippen LogP contribution in [0.3, 0.4) is 0 Å². The van der Waals surface area contributed by atoms with Crippen LogP contribution in [-0.2, 0) is 16.1 Å². The van der Waals surface area contributed by atoms with Crippen molar-refractivity contribution in [2.75, 3.05) is 13.7 Å². The molecule has 2 aromatic carbocycles. The average molecular weight is 357 g/mol. The lowest BCUT2D eigenvalue weighted by Crippen LogP contribution is -2.26. The maximum absolute atomic E-state index is 11.7. The first-order chi connectivity index (χ1) is 12.5. The second kappa shape index (κ2) is 9.82. The SMILES string of the molecule is CCOC(=O)C(C)Oc1ccc(CNC(C)c2ccccc2)cc1OC. The third-order valence-electron chi connectivity index (χ3n) is 4.06. The highest BCUT2D eigenvalue weighted by Gasteiger charge is 2.18. The van der Waals surface area contributed by atoms with Gasteiger partial charge in [-0.1, -0.05) is 36.4 Å². The van der Waals surface area contributed by atoms with Crippen LogP contribution in [0.25, 0.3) is 0 Å². The van der Waals surface area contributed by atoms with Crippen molar-refractivity contribution in [3.05, 3.63) is 59.7 Å². The molecule has 1 N–H and O–H groups in total. The van der Waals surface area contributed by atoms with Crippen LogP contribution < -0.4 is 14.8 Å². The number of hydrogen-bond acceptors (Lipinski definition) is 5. The van der Waals surface area contributed by atoms with Crippen molar-refractivity contribution >= 4 is 5.97 Å². The third-order valence-corrected chi connectivity index (χ3v) is 4.06. The molecule has 0 radical (unpaired) electrons. The lowest BCUT2D eigenvalue weighted by molar-refractivity contribution is -0.150. The monoisotopic (exact) mass is 357 g/mol. The Kier molecular flexibility index (Phi) is 7.48. The van der Waals surface area contributed by atoms with Gasteiger partial charge in [0.1, 0.15) is 0 Å². The molecule has 0 aliphatic carbocycles. The number of ether oxygens (including phenoxy) is 3. The zero-order valence-corrected chi connectivity index (χ0v) is 15.8. The van der Waals surface area contributed by atoms with Crippen molar-refractivity contribution in [1.82, 2.24) is 5.32 Å². The van der Waals surface area contributed by atoms with Crippen molar-refractivity contribution < 1.29 is 19.0 Å². The van der Waals surface area contributed by atoms with E-state index in [0.29, 0.717) is 24.7 Å². The van der Waals surface area contributed by atoms with E-state index in [2.05, 4.69) is 24.4 Å². The van der Waals surface area contributed by atoms with Gasteiger partial charge in [-0.15, -0.1) is 0 Å². The molecule has 0 aromatic heterocycles. The second-order valence-electron chi connectivity index (χ2n) is 6.01. The number of methoxy groups -OCH3 is 1. The number of nitrogens with one attached hydrogen (secondary N) is 1. The fourth-order valence-corrected chi connectivity index (χ4v) is 2.55. The van der Waals surface area contributed by atoms with E-state index < -0.39 is 12.1 Å². The summed E-state index contributed by atoms with van der Waals surface area (Å²) in [5.74, 6) is 0.720. The molecule has 0 bridgehead atoms. The van der Waals surface area contributed by atoms with Gasteiger partial charge >= 0.3 is 5.97 Å². The standard InChI is InChI=1S/C21H27NO4/c1-5-25-21(23)16(3)26-19-12-11-17(13-20(19)24-4)14-22-15(2)18-9-7-6-8-10-18/h6-13,15-16,22H,5,14H2,1-4H3. The van der Waals surface area contributed by atoms with Gasteiger partial charge in [0.2, 0.25) is 0 Å². The highest BCUT2D eigenvalue weighted by atomic mass is 16.6. The van der Waals surface area contributed by atoms with E-state index in [9.17, 15) is 4.79 Å². The Morgan fingerprint density at radius 3 is 2.46 bits per heavy atom. The molecule has 2 atom stereocenters. The normalized spacial score (nSPS) is 12.9. The first-order valence-corrected chi connectivity index (χ1v) is 8.83. The molecule has 2 rings (SSSR count). The molecule has 0 fully saturated rings. The molecular weight excluding hydrogens is 330 g/mol. The van der Waals surface area contributed by atoms with Gasteiger partial charge in [-0.2, -0.15) is 0 Å². The van der Waals surface area contributed by atoms with Crippen LogP contribution in [0.5, 0.6) is 11.5 Å². The summed E-state index contributed by atoms with van der Waals surface area (Å²) in [4.78, 5) is 11.7. The lowest BCUT2D eigenvalue weighted by Gasteiger charge is -2.18. The van der Waals surface area contributed by atoms with Gasteiger partial charge in [0.25, 0.3) is 0 Å². The Labute approximate surface area is 155 Å². The quantitative estimate of drug-likeness (QED) is 0.690. The summed E-state index contributed by atoms with van der Waals surface area (Å²) < 4.78 is 16.1. The van der Waals surface area contributed by atoms with Crippen molar-refractivity contribution in [3.63, 3.8) is 0 Å². The molecule has 5 heteroatoms. The first kappa shape index (κ1) is 19.8. The number of carbonyl (C=O) groups is 1.